The summed E-state index contributed by atoms with van der Waals surface area (Å²) in [4.78, 5) is 0. The van der Waals surface area contributed by atoms with E-state index in [1.54, 1.807) is 6.08 Å². The molecule has 16 heavy (non-hydrogen) atoms. The molecular weight excluding hydrogens is 201 g/mol. The molecule has 0 saturated heterocycles. The summed E-state index contributed by atoms with van der Waals surface area (Å²) < 4.78 is 13.5. The molecule has 0 bridgehead atoms. The molecule has 1 N–H and O–H groups in total. The van der Waals surface area contributed by atoms with Gasteiger partial charge in [-0.1, -0.05) is 18.1 Å². The van der Waals surface area contributed by atoms with Gasteiger partial charge in [0.15, 0.2) is 0 Å². The van der Waals surface area contributed by atoms with Gasteiger partial charge in [0, 0.05) is 19.4 Å². The van der Waals surface area contributed by atoms with Crippen LogP contribution in [0.2, 0.25) is 0 Å². The van der Waals surface area contributed by atoms with Gasteiger partial charge in [-0.2, -0.15) is 0 Å². The van der Waals surface area contributed by atoms with Gasteiger partial charge in [-0.3, -0.25) is 0 Å². The summed E-state index contributed by atoms with van der Waals surface area (Å²) in [5.41, 5.74) is 1.45. The van der Waals surface area contributed by atoms with Crippen molar-refractivity contribution in [1.82, 2.24) is 5.32 Å². The SMILES string of the molecule is C#CC1=C(F)CC(C(/C=C\NC)=C/C)C=C1. The van der Waals surface area contributed by atoms with Crippen LogP contribution in [-0.4, -0.2) is 7.05 Å². The summed E-state index contributed by atoms with van der Waals surface area (Å²) in [6, 6.07) is 0. The average Bonchev–Trinajstić information content (AvgIpc) is 2.30. The first kappa shape index (κ1) is 12.3. The molecule has 1 nitrogen and oxygen atoms in total. The molecule has 0 aliphatic heterocycles. The van der Waals surface area contributed by atoms with Crippen LogP contribution in [0.4, 0.5) is 4.39 Å². The first-order valence-electron chi connectivity index (χ1n) is 5.26. The van der Waals surface area contributed by atoms with Crippen LogP contribution in [0.15, 0.2) is 47.5 Å². The Bertz CT molecular complexity index is 405. The molecule has 1 unspecified atom stereocenters. The van der Waals surface area contributed by atoms with Crippen molar-refractivity contribution in [3.63, 3.8) is 0 Å². The average molecular weight is 217 g/mol. The van der Waals surface area contributed by atoms with Crippen LogP contribution in [-0.2, 0) is 0 Å². The van der Waals surface area contributed by atoms with Crippen molar-refractivity contribution in [3.05, 3.63) is 47.5 Å². The van der Waals surface area contributed by atoms with Gasteiger partial charge in [-0.25, -0.2) is 4.39 Å². The van der Waals surface area contributed by atoms with Crippen molar-refractivity contribution in [2.75, 3.05) is 7.05 Å². The molecule has 0 radical (unpaired) electrons. The fourth-order valence-electron chi connectivity index (χ4n) is 1.64. The Morgan fingerprint density at radius 2 is 2.44 bits per heavy atom. The Kier molecular flexibility index (Phi) is 4.60. The summed E-state index contributed by atoms with van der Waals surface area (Å²) in [5, 5.41) is 2.92. The van der Waals surface area contributed by atoms with Gasteiger partial charge < -0.3 is 5.32 Å². The molecule has 1 aliphatic carbocycles. The predicted octanol–water partition coefficient (Wildman–Crippen LogP) is 3.10. The molecule has 1 aliphatic rings. The van der Waals surface area contributed by atoms with Crippen molar-refractivity contribution < 1.29 is 4.39 Å². The molecule has 0 heterocycles. The Balaban J connectivity index is 2.81. The van der Waals surface area contributed by atoms with Gasteiger partial charge in [0.2, 0.25) is 0 Å². The zero-order chi connectivity index (χ0) is 12.0. The highest BCUT2D eigenvalue weighted by Gasteiger charge is 2.17. The van der Waals surface area contributed by atoms with E-state index in [0.717, 1.165) is 5.57 Å². The molecule has 2 heteroatoms. The zero-order valence-electron chi connectivity index (χ0n) is 9.63. The number of nitrogens with one attached hydrogen (secondary N) is 1. The van der Waals surface area contributed by atoms with Crippen LogP contribution in [0.5, 0.6) is 0 Å². The Morgan fingerprint density at radius 1 is 1.69 bits per heavy atom. The summed E-state index contributed by atoms with van der Waals surface area (Å²) in [5.74, 6) is 2.22. The molecule has 0 saturated carbocycles. The molecule has 1 rings (SSSR count). The fraction of sp³-hybridized carbons (Fsp3) is 0.286. The molecular formula is C14H16FN. The lowest BCUT2D eigenvalue weighted by atomic mass is 9.89. The second-order valence-electron chi connectivity index (χ2n) is 3.54. The summed E-state index contributed by atoms with van der Waals surface area (Å²) in [6.45, 7) is 1.95. The van der Waals surface area contributed by atoms with Gasteiger partial charge in [0.05, 0.1) is 5.57 Å². The van der Waals surface area contributed by atoms with Crippen molar-refractivity contribution in [2.24, 2.45) is 5.92 Å². The Hall–Kier alpha value is -1.75. The quantitative estimate of drug-likeness (QED) is 0.566. The second kappa shape index (κ2) is 5.97. The third kappa shape index (κ3) is 2.87. The van der Waals surface area contributed by atoms with E-state index in [-0.39, 0.29) is 11.7 Å². The van der Waals surface area contributed by atoms with E-state index in [0.29, 0.717) is 12.0 Å². The Labute approximate surface area is 96.4 Å². The third-order valence-electron chi connectivity index (χ3n) is 2.55. The van der Waals surface area contributed by atoms with Crippen LogP contribution in [0, 0.1) is 18.3 Å². The van der Waals surface area contributed by atoms with E-state index in [4.69, 9.17) is 6.42 Å². The molecule has 1 atom stereocenters. The van der Waals surface area contributed by atoms with E-state index < -0.39 is 0 Å². The lowest BCUT2D eigenvalue weighted by Gasteiger charge is -2.17. The van der Waals surface area contributed by atoms with Gasteiger partial charge in [0.25, 0.3) is 0 Å². The number of hydrogen-bond donors (Lipinski definition) is 1. The highest BCUT2D eigenvalue weighted by Crippen LogP contribution is 2.29. The number of terminal acetylenes is 1. The standard InChI is InChI=1S/C14H16FN/c1-4-11(8-9-16-3)13-7-6-12(5-2)14(15)10-13/h2,4,6-9,13,16H,10H2,1,3H3/b9-8-,11-4+. The van der Waals surface area contributed by atoms with Crippen LogP contribution in [0.25, 0.3) is 0 Å². The van der Waals surface area contributed by atoms with E-state index >= 15 is 0 Å². The lowest BCUT2D eigenvalue weighted by molar-refractivity contribution is 0.543. The fourth-order valence-corrected chi connectivity index (χ4v) is 1.64. The van der Waals surface area contributed by atoms with Gasteiger partial charge in [-0.05, 0) is 30.8 Å². The minimum absolute atomic E-state index is 0.0756. The normalized spacial score (nSPS) is 21.4. The molecule has 0 amide bonds. The van der Waals surface area contributed by atoms with Crippen LogP contribution in [0.3, 0.4) is 0 Å². The predicted molar refractivity (Wildman–Crippen MR) is 66.2 cm³/mol. The Morgan fingerprint density at radius 3 is 2.94 bits per heavy atom. The van der Waals surface area contributed by atoms with Crippen LogP contribution < -0.4 is 5.32 Å². The van der Waals surface area contributed by atoms with Crippen molar-refractivity contribution in [2.45, 2.75) is 13.3 Å². The molecule has 0 fully saturated rings. The topological polar surface area (TPSA) is 12.0 Å². The number of rotatable bonds is 3. The highest BCUT2D eigenvalue weighted by atomic mass is 19.1. The minimum Gasteiger partial charge on any atom is -0.394 e. The van der Waals surface area contributed by atoms with E-state index in [1.807, 2.05) is 38.4 Å². The summed E-state index contributed by atoms with van der Waals surface area (Å²) in [7, 11) is 1.83. The monoisotopic (exact) mass is 217 g/mol. The first-order chi connectivity index (χ1) is 7.72. The van der Waals surface area contributed by atoms with E-state index in [9.17, 15) is 4.39 Å². The number of halogens is 1. The van der Waals surface area contributed by atoms with E-state index in [1.165, 1.54) is 0 Å². The van der Waals surface area contributed by atoms with Gasteiger partial charge in [0.1, 0.15) is 5.83 Å². The van der Waals surface area contributed by atoms with Gasteiger partial charge >= 0.3 is 0 Å². The third-order valence-corrected chi connectivity index (χ3v) is 2.55. The number of hydrogen-bond acceptors (Lipinski definition) is 1. The van der Waals surface area contributed by atoms with Crippen molar-refractivity contribution >= 4 is 0 Å². The maximum absolute atomic E-state index is 13.5. The van der Waals surface area contributed by atoms with Gasteiger partial charge in [-0.15, -0.1) is 6.42 Å². The molecule has 84 valence electrons. The second-order valence-corrected chi connectivity index (χ2v) is 3.54. The summed E-state index contributed by atoms with van der Waals surface area (Å²) >= 11 is 0. The first-order valence-corrected chi connectivity index (χ1v) is 5.26. The largest absolute Gasteiger partial charge is 0.394 e. The summed E-state index contributed by atoms with van der Waals surface area (Å²) in [6.07, 6.45) is 14.9. The van der Waals surface area contributed by atoms with Crippen molar-refractivity contribution in [1.29, 1.82) is 0 Å². The smallest absolute Gasteiger partial charge is 0.116 e. The maximum Gasteiger partial charge on any atom is 0.116 e. The zero-order valence-corrected chi connectivity index (χ0v) is 9.63. The lowest BCUT2D eigenvalue weighted by Crippen LogP contribution is -2.05. The minimum atomic E-state index is -0.202. The van der Waals surface area contributed by atoms with Crippen molar-refractivity contribution in [3.8, 4) is 12.3 Å². The van der Waals surface area contributed by atoms with Crippen LogP contribution >= 0.6 is 0 Å². The van der Waals surface area contributed by atoms with E-state index in [2.05, 4.69) is 11.2 Å². The molecule has 0 aromatic carbocycles. The molecule has 0 aromatic heterocycles. The van der Waals surface area contributed by atoms with Crippen LogP contribution in [0.1, 0.15) is 13.3 Å². The highest BCUT2D eigenvalue weighted by molar-refractivity contribution is 5.43. The maximum atomic E-state index is 13.5. The molecule has 0 spiro atoms. The number of allylic oxidation sites excluding steroid dienone is 7. The molecule has 0 aromatic rings.